The highest BCUT2D eigenvalue weighted by molar-refractivity contribution is 5.96. The first-order valence-electron chi connectivity index (χ1n) is 12.6. The number of ether oxygens (including phenoxy) is 2. The van der Waals surface area contributed by atoms with E-state index in [-0.39, 0.29) is 24.0 Å². The van der Waals surface area contributed by atoms with Crippen LogP contribution in [0.3, 0.4) is 0 Å². The maximum absolute atomic E-state index is 12.5. The third-order valence-electron chi connectivity index (χ3n) is 6.81. The van der Waals surface area contributed by atoms with Crippen molar-refractivity contribution in [1.29, 1.82) is 0 Å². The Morgan fingerprint density at radius 2 is 2.03 bits per heavy atom. The SMILES string of the molecule is Cc1cc(OCCCC2CCN(c3nc(C(C)(C)C)no3)CC2)ccc1C(=O)NC1COCC1O. The van der Waals surface area contributed by atoms with Gasteiger partial charge in [-0.15, -0.1) is 0 Å². The average Bonchev–Trinajstić information content (AvgIpc) is 3.47. The minimum absolute atomic E-state index is 0.111. The van der Waals surface area contributed by atoms with Crippen molar-refractivity contribution >= 4 is 11.9 Å². The van der Waals surface area contributed by atoms with E-state index in [1.807, 2.05) is 19.1 Å². The number of nitrogens with one attached hydrogen (secondary N) is 1. The number of nitrogens with zero attached hydrogens (tertiary/aromatic N) is 3. The zero-order chi connectivity index (χ0) is 25.0. The van der Waals surface area contributed by atoms with Gasteiger partial charge in [0, 0.05) is 24.1 Å². The van der Waals surface area contributed by atoms with Crippen LogP contribution >= 0.6 is 0 Å². The molecule has 1 aromatic carbocycles. The van der Waals surface area contributed by atoms with Gasteiger partial charge in [0.2, 0.25) is 0 Å². The van der Waals surface area contributed by atoms with Gasteiger partial charge in [-0.05, 0) is 62.3 Å². The van der Waals surface area contributed by atoms with Gasteiger partial charge in [-0.3, -0.25) is 4.79 Å². The van der Waals surface area contributed by atoms with Crippen molar-refractivity contribution in [3.63, 3.8) is 0 Å². The Labute approximate surface area is 207 Å². The molecule has 2 aromatic rings. The third-order valence-corrected chi connectivity index (χ3v) is 6.81. The molecule has 3 heterocycles. The van der Waals surface area contributed by atoms with E-state index in [0.717, 1.165) is 55.9 Å². The van der Waals surface area contributed by atoms with Gasteiger partial charge in [0.05, 0.1) is 32.0 Å². The fraction of sp³-hybridized carbons (Fsp3) is 0.654. The van der Waals surface area contributed by atoms with Crippen molar-refractivity contribution in [3.05, 3.63) is 35.2 Å². The predicted molar refractivity (Wildman–Crippen MR) is 132 cm³/mol. The summed E-state index contributed by atoms with van der Waals surface area (Å²) in [6.45, 7) is 11.3. The Morgan fingerprint density at radius 3 is 2.66 bits per heavy atom. The molecule has 4 rings (SSSR count). The van der Waals surface area contributed by atoms with Crippen molar-refractivity contribution in [2.75, 3.05) is 37.8 Å². The van der Waals surface area contributed by atoms with Gasteiger partial charge < -0.3 is 29.3 Å². The predicted octanol–water partition coefficient (Wildman–Crippen LogP) is 3.24. The van der Waals surface area contributed by atoms with Crippen LogP contribution < -0.4 is 15.0 Å². The lowest BCUT2D eigenvalue weighted by atomic mass is 9.92. The first kappa shape index (κ1) is 25.4. The van der Waals surface area contributed by atoms with E-state index < -0.39 is 6.10 Å². The zero-order valence-electron chi connectivity index (χ0n) is 21.2. The third kappa shape index (κ3) is 6.52. The number of benzene rings is 1. The molecule has 9 nitrogen and oxygen atoms in total. The average molecular weight is 487 g/mol. The lowest BCUT2D eigenvalue weighted by Gasteiger charge is -2.30. The molecular weight excluding hydrogens is 448 g/mol. The maximum atomic E-state index is 12.5. The number of aromatic nitrogens is 2. The normalized spacial score (nSPS) is 21.3. The highest BCUT2D eigenvalue weighted by Crippen LogP contribution is 2.27. The monoisotopic (exact) mass is 486 g/mol. The van der Waals surface area contributed by atoms with Crippen molar-refractivity contribution in [2.24, 2.45) is 5.92 Å². The summed E-state index contributed by atoms with van der Waals surface area (Å²) in [6, 6.07) is 5.78. The van der Waals surface area contributed by atoms with Crippen LogP contribution in [0.15, 0.2) is 22.7 Å². The van der Waals surface area contributed by atoms with E-state index in [0.29, 0.717) is 30.7 Å². The first-order valence-corrected chi connectivity index (χ1v) is 12.6. The second-order valence-corrected chi connectivity index (χ2v) is 10.7. The van der Waals surface area contributed by atoms with Gasteiger partial charge in [0.15, 0.2) is 5.82 Å². The molecule has 2 unspecified atom stereocenters. The summed E-state index contributed by atoms with van der Waals surface area (Å²) in [5, 5.41) is 16.8. The standard InChI is InChI=1S/C26H38N4O5/c1-17-14-19(7-8-20(17)23(32)27-21-15-33-16-22(21)31)34-13-5-6-18-9-11-30(12-10-18)25-28-24(29-35-25)26(2,3)4/h7-8,14,18,21-22,31H,5-6,9-13,15-16H2,1-4H3,(H,27,32). The number of aryl methyl sites for hydroxylation is 1. The van der Waals surface area contributed by atoms with Crippen LogP contribution in [0.4, 0.5) is 6.01 Å². The minimum atomic E-state index is -0.658. The number of anilines is 1. The number of hydrogen-bond donors (Lipinski definition) is 2. The Kier molecular flexibility index (Phi) is 7.96. The Balaban J connectivity index is 1.17. The van der Waals surface area contributed by atoms with Crippen LogP contribution in [0.2, 0.25) is 0 Å². The first-order chi connectivity index (χ1) is 16.7. The molecule has 2 aliphatic heterocycles. The van der Waals surface area contributed by atoms with E-state index >= 15 is 0 Å². The molecule has 9 heteroatoms. The van der Waals surface area contributed by atoms with Gasteiger partial charge in [-0.25, -0.2) is 0 Å². The van der Waals surface area contributed by atoms with Crippen molar-refractivity contribution in [3.8, 4) is 5.75 Å². The maximum Gasteiger partial charge on any atom is 0.324 e. The molecule has 0 aliphatic carbocycles. The number of carbonyl (C=O) groups is 1. The van der Waals surface area contributed by atoms with Crippen LogP contribution in [-0.4, -0.2) is 66.2 Å². The molecule has 2 atom stereocenters. The lowest BCUT2D eigenvalue weighted by molar-refractivity contribution is 0.0885. The molecular formula is C26H38N4O5. The quantitative estimate of drug-likeness (QED) is 0.547. The fourth-order valence-electron chi connectivity index (χ4n) is 4.53. The number of aliphatic hydroxyl groups excluding tert-OH is 1. The minimum Gasteiger partial charge on any atom is -0.494 e. The van der Waals surface area contributed by atoms with Crippen LogP contribution in [-0.2, 0) is 10.2 Å². The second-order valence-electron chi connectivity index (χ2n) is 10.7. The van der Waals surface area contributed by atoms with E-state index in [9.17, 15) is 9.90 Å². The molecule has 2 fully saturated rings. The van der Waals surface area contributed by atoms with Crippen molar-refractivity contribution < 1.29 is 23.9 Å². The van der Waals surface area contributed by atoms with Gasteiger partial charge >= 0.3 is 6.01 Å². The summed E-state index contributed by atoms with van der Waals surface area (Å²) in [6.07, 6.45) is 3.67. The largest absolute Gasteiger partial charge is 0.494 e. The Hall–Kier alpha value is -2.65. The molecule has 1 amide bonds. The molecule has 35 heavy (non-hydrogen) atoms. The van der Waals surface area contributed by atoms with Crippen LogP contribution in [0, 0.1) is 12.8 Å². The molecule has 192 valence electrons. The molecule has 0 spiro atoms. The van der Waals surface area contributed by atoms with E-state index in [2.05, 4.69) is 41.1 Å². The number of carbonyl (C=O) groups excluding carboxylic acids is 1. The molecule has 0 radical (unpaired) electrons. The summed E-state index contributed by atoms with van der Waals surface area (Å²) >= 11 is 0. The number of piperidine rings is 1. The zero-order valence-corrected chi connectivity index (χ0v) is 21.2. The fourth-order valence-corrected chi connectivity index (χ4v) is 4.53. The van der Waals surface area contributed by atoms with Crippen LogP contribution in [0.25, 0.3) is 0 Å². The van der Waals surface area contributed by atoms with Crippen LogP contribution in [0.1, 0.15) is 68.2 Å². The highest BCUT2D eigenvalue weighted by Gasteiger charge is 2.28. The summed E-state index contributed by atoms with van der Waals surface area (Å²) in [5.41, 5.74) is 1.32. The Morgan fingerprint density at radius 1 is 1.26 bits per heavy atom. The summed E-state index contributed by atoms with van der Waals surface area (Å²) in [5.74, 6) is 1.98. The van der Waals surface area contributed by atoms with E-state index in [1.54, 1.807) is 6.07 Å². The number of amides is 1. The highest BCUT2D eigenvalue weighted by atomic mass is 16.5. The topological polar surface area (TPSA) is 110 Å². The van der Waals surface area contributed by atoms with Gasteiger partial charge in [-0.1, -0.05) is 25.9 Å². The summed E-state index contributed by atoms with van der Waals surface area (Å²) < 4.78 is 16.6. The molecule has 2 aliphatic rings. The molecule has 0 saturated carbocycles. The molecule has 2 saturated heterocycles. The number of rotatable bonds is 8. The number of hydrogen-bond acceptors (Lipinski definition) is 8. The van der Waals surface area contributed by atoms with E-state index in [1.165, 1.54) is 0 Å². The van der Waals surface area contributed by atoms with Gasteiger partial charge in [0.1, 0.15) is 5.75 Å². The van der Waals surface area contributed by atoms with E-state index in [4.69, 9.17) is 14.0 Å². The van der Waals surface area contributed by atoms with Crippen LogP contribution in [0.5, 0.6) is 5.75 Å². The molecule has 2 N–H and O–H groups in total. The summed E-state index contributed by atoms with van der Waals surface area (Å²) in [4.78, 5) is 19.3. The van der Waals surface area contributed by atoms with Crippen molar-refractivity contribution in [2.45, 2.75) is 70.9 Å². The number of aliphatic hydroxyl groups is 1. The second kappa shape index (κ2) is 11.0. The van der Waals surface area contributed by atoms with Gasteiger partial charge in [0.25, 0.3) is 5.91 Å². The summed E-state index contributed by atoms with van der Waals surface area (Å²) in [7, 11) is 0. The van der Waals surface area contributed by atoms with Gasteiger partial charge in [-0.2, -0.15) is 4.98 Å². The lowest BCUT2D eigenvalue weighted by Crippen LogP contribution is -2.42. The molecule has 1 aromatic heterocycles. The smallest absolute Gasteiger partial charge is 0.324 e. The molecule has 0 bridgehead atoms. The van der Waals surface area contributed by atoms with Crippen molar-refractivity contribution in [1.82, 2.24) is 15.5 Å². The Bertz CT molecular complexity index is 994.